The van der Waals surface area contributed by atoms with E-state index in [1.807, 2.05) is 45.0 Å². The monoisotopic (exact) mass is 599 g/mol. The Labute approximate surface area is 238 Å². The Morgan fingerprint density at radius 2 is 1.56 bits per heavy atom. The second-order valence-electron chi connectivity index (χ2n) is 10.4. The van der Waals surface area contributed by atoms with Gasteiger partial charge in [0.2, 0.25) is 5.91 Å². The first-order valence-corrected chi connectivity index (χ1v) is 14.7. The van der Waals surface area contributed by atoms with Crippen LogP contribution < -0.4 is 10.0 Å². The topological polar surface area (TPSA) is 125 Å². The molecule has 13 heteroatoms. The van der Waals surface area contributed by atoms with Crippen LogP contribution in [0.5, 0.6) is 0 Å². The molecule has 3 N–H and O–H groups in total. The minimum atomic E-state index is -5.08. The molecule has 1 aliphatic carbocycles. The normalized spacial score (nSPS) is 16.7. The summed E-state index contributed by atoms with van der Waals surface area (Å²) in [6, 6.07) is 11.0. The number of amides is 1. The van der Waals surface area contributed by atoms with Gasteiger partial charge in [-0.1, -0.05) is 29.8 Å². The zero-order valence-corrected chi connectivity index (χ0v) is 24.1. The first-order valence-electron chi connectivity index (χ1n) is 13.3. The molecule has 0 bridgehead atoms. The number of hydrogen-bond donors (Lipinski definition) is 3. The molecule has 9 nitrogen and oxygen atoms in total. The predicted molar refractivity (Wildman–Crippen MR) is 147 cm³/mol. The van der Waals surface area contributed by atoms with Crippen molar-refractivity contribution in [1.29, 1.82) is 0 Å². The second kappa shape index (κ2) is 13.2. The highest BCUT2D eigenvalue weighted by atomic mass is 32.2. The minimum Gasteiger partial charge on any atom is -0.475 e. The number of benzene rings is 2. The lowest BCUT2D eigenvalue weighted by Gasteiger charge is -2.26. The molecule has 1 amide bonds. The summed E-state index contributed by atoms with van der Waals surface area (Å²) in [5, 5.41) is 10.2. The number of rotatable bonds is 9. The number of nitrogens with one attached hydrogen (secondary N) is 2. The summed E-state index contributed by atoms with van der Waals surface area (Å²) < 4.78 is 65.9. The van der Waals surface area contributed by atoms with Crippen LogP contribution in [-0.4, -0.2) is 75.9 Å². The fourth-order valence-electron chi connectivity index (χ4n) is 4.92. The number of carbonyl (C=O) groups excluding carboxylic acids is 1. The fourth-order valence-corrected chi connectivity index (χ4v) is 6.44. The molecular weight excluding hydrogens is 563 g/mol. The molecule has 41 heavy (non-hydrogen) atoms. The third-order valence-corrected chi connectivity index (χ3v) is 8.72. The van der Waals surface area contributed by atoms with Gasteiger partial charge in [-0.15, -0.1) is 0 Å². The van der Waals surface area contributed by atoms with Gasteiger partial charge >= 0.3 is 12.1 Å². The van der Waals surface area contributed by atoms with Crippen LogP contribution >= 0.6 is 0 Å². The van der Waals surface area contributed by atoms with Crippen LogP contribution in [0, 0.1) is 20.8 Å². The molecule has 1 aliphatic heterocycles. The number of halogens is 3. The summed E-state index contributed by atoms with van der Waals surface area (Å²) in [7, 11) is -3.71. The van der Waals surface area contributed by atoms with E-state index in [9.17, 15) is 26.4 Å². The first kappa shape index (κ1) is 32.4. The number of hydrogen-bond acceptors (Lipinski definition) is 6. The molecule has 4 rings (SSSR count). The van der Waals surface area contributed by atoms with E-state index in [1.54, 1.807) is 12.1 Å². The van der Waals surface area contributed by atoms with Crippen molar-refractivity contribution >= 4 is 27.6 Å². The molecule has 226 valence electrons. The van der Waals surface area contributed by atoms with Gasteiger partial charge < -0.3 is 15.2 Å². The van der Waals surface area contributed by atoms with E-state index in [0.717, 1.165) is 74.4 Å². The van der Waals surface area contributed by atoms with Crippen LogP contribution in [0.2, 0.25) is 0 Å². The third-order valence-electron chi connectivity index (χ3n) is 7.03. The van der Waals surface area contributed by atoms with Crippen molar-refractivity contribution in [1.82, 2.24) is 10.2 Å². The molecule has 0 spiro atoms. The van der Waals surface area contributed by atoms with Crippen LogP contribution in [0.1, 0.15) is 41.5 Å². The molecular formula is C28H36F3N3O6S. The molecule has 0 radical (unpaired) electrons. The summed E-state index contributed by atoms with van der Waals surface area (Å²) >= 11 is 0. The number of alkyl halides is 3. The molecule has 2 aliphatic rings. The van der Waals surface area contributed by atoms with Crippen LogP contribution in [0.15, 0.2) is 41.3 Å². The number of aryl methyl sites for hydroxylation is 3. The van der Waals surface area contributed by atoms with Crippen LogP contribution in [0.25, 0.3) is 0 Å². The van der Waals surface area contributed by atoms with Gasteiger partial charge in [0.15, 0.2) is 0 Å². The Hall–Kier alpha value is -3.16. The minimum absolute atomic E-state index is 0.0636. The highest BCUT2D eigenvalue weighted by Crippen LogP contribution is 2.48. The first-order chi connectivity index (χ1) is 19.2. The standard InChI is InChI=1S/C26H35N3O4S.C2HF3O2/c1-19-17-20(2)24(21(3)18-19)34(31,32)28-23-7-5-22(6-8-23)26(9-10-26)25(30)27-11-4-12-29-13-15-33-16-14-29;3-2(4,5)1(6)7/h5-8,17-18,28H,4,9-16H2,1-3H3,(H,27,30);(H,6,7). The van der Waals surface area contributed by atoms with Crippen molar-refractivity contribution < 1.29 is 41.0 Å². The van der Waals surface area contributed by atoms with Crippen molar-refractivity contribution in [2.45, 2.75) is 56.5 Å². The van der Waals surface area contributed by atoms with E-state index in [2.05, 4.69) is 14.9 Å². The summed E-state index contributed by atoms with van der Waals surface area (Å²) in [6.07, 6.45) is -2.54. The smallest absolute Gasteiger partial charge is 0.475 e. The van der Waals surface area contributed by atoms with E-state index < -0.39 is 27.6 Å². The number of carboxylic acid groups (broad SMARTS) is 1. The largest absolute Gasteiger partial charge is 0.490 e. The lowest BCUT2D eigenvalue weighted by molar-refractivity contribution is -0.192. The van der Waals surface area contributed by atoms with E-state index >= 15 is 0 Å². The van der Waals surface area contributed by atoms with Gasteiger partial charge in [0.25, 0.3) is 10.0 Å². The summed E-state index contributed by atoms with van der Waals surface area (Å²) in [5.74, 6) is -2.69. The lowest BCUT2D eigenvalue weighted by atomic mass is 9.95. The van der Waals surface area contributed by atoms with E-state index in [1.165, 1.54) is 0 Å². The zero-order valence-electron chi connectivity index (χ0n) is 23.3. The average Bonchev–Trinajstić information content (AvgIpc) is 3.68. The zero-order chi connectivity index (χ0) is 30.4. The van der Waals surface area contributed by atoms with Crippen molar-refractivity contribution in [3.05, 3.63) is 58.7 Å². The number of anilines is 1. The van der Waals surface area contributed by atoms with E-state index in [4.69, 9.17) is 14.6 Å². The molecule has 0 atom stereocenters. The molecule has 2 aromatic carbocycles. The highest BCUT2D eigenvalue weighted by molar-refractivity contribution is 7.92. The van der Waals surface area contributed by atoms with E-state index in [0.29, 0.717) is 17.1 Å². The van der Waals surface area contributed by atoms with Gasteiger partial charge in [-0.05, 0) is 75.4 Å². The predicted octanol–water partition coefficient (Wildman–Crippen LogP) is 3.92. The summed E-state index contributed by atoms with van der Waals surface area (Å²) in [6.45, 7) is 10.7. The summed E-state index contributed by atoms with van der Waals surface area (Å²) in [5.41, 5.74) is 3.43. The van der Waals surface area contributed by atoms with Crippen molar-refractivity contribution in [2.24, 2.45) is 0 Å². The number of sulfonamides is 1. The number of aliphatic carboxylic acids is 1. The Balaban J connectivity index is 0.000000587. The van der Waals surface area contributed by atoms with Gasteiger partial charge in [0.1, 0.15) is 0 Å². The second-order valence-corrected chi connectivity index (χ2v) is 12.0. The summed E-state index contributed by atoms with van der Waals surface area (Å²) in [4.78, 5) is 24.5. The van der Waals surface area contributed by atoms with Crippen LogP contribution in [0.4, 0.5) is 18.9 Å². The van der Waals surface area contributed by atoms with Gasteiger partial charge in [0, 0.05) is 25.3 Å². The Bertz CT molecular complexity index is 1310. The quantitative estimate of drug-likeness (QED) is 0.373. The van der Waals surface area contributed by atoms with Crippen molar-refractivity contribution in [3.63, 3.8) is 0 Å². The fraction of sp³-hybridized carbons (Fsp3) is 0.500. The third kappa shape index (κ3) is 8.66. The number of ether oxygens (including phenoxy) is 1. The molecule has 0 aromatic heterocycles. The number of carbonyl (C=O) groups is 2. The van der Waals surface area contributed by atoms with E-state index in [-0.39, 0.29) is 5.91 Å². The number of carboxylic acids is 1. The van der Waals surface area contributed by atoms with Gasteiger partial charge in [-0.25, -0.2) is 13.2 Å². The molecule has 2 fully saturated rings. The Morgan fingerprint density at radius 3 is 2.05 bits per heavy atom. The molecule has 1 saturated heterocycles. The van der Waals surface area contributed by atoms with Crippen LogP contribution in [-0.2, 0) is 29.8 Å². The maximum atomic E-state index is 13.0. The number of morpholine rings is 1. The van der Waals surface area contributed by atoms with Crippen molar-refractivity contribution in [2.75, 3.05) is 44.1 Å². The molecule has 1 saturated carbocycles. The molecule has 2 aromatic rings. The Kier molecular flexibility index (Phi) is 10.4. The Morgan fingerprint density at radius 1 is 1.02 bits per heavy atom. The molecule has 0 unspecified atom stereocenters. The molecule has 1 heterocycles. The lowest BCUT2D eigenvalue weighted by Crippen LogP contribution is -2.39. The van der Waals surface area contributed by atoms with Gasteiger partial charge in [-0.3, -0.25) is 14.4 Å². The maximum absolute atomic E-state index is 13.0. The van der Waals surface area contributed by atoms with Gasteiger partial charge in [-0.2, -0.15) is 13.2 Å². The van der Waals surface area contributed by atoms with Crippen LogP contribution in [0.3, 0.4) is 0 Å². The van der Waals surface area contributed by atoms with Crippen molar-refractivity contribution in [3.8, 4) is 0 Å². The SMILES string of the molecule is Cc1cc(C)c(S(=O)(=O)Nc2ccc(C3(C(=O)NCCCN4CCOCC4)CC3)cc2)c(C)c1.O=C(O)C(F)(F)F. The maximum Gasteiger partial charge on any atom is 0.490 e. The van der Waals surface area contributed by atoms with Gasteiger partial charge in [0.05, 0.1) is 23.5 Å². The number of nitrogens with zero attached hydrogens (tertiary/aromatic N) is 1. The highest BCUT2D eigenvalue weighted by Gasteiger charge is 2.51. The average molecular weight is 600 g/mol.